The van der Waals surface area contributed by atoms with Crippen molar-refractivity contribution in [2.45, 2.75) is 0 Å². The summed E-state index contributed by atoms with van der Waals surface area (Å²) < 4.78 is 13.5. The third kappa shape index (κ3) is 6.13. The molecule has 280 valence electrons. The minimum absolute atomic E-state index is 0.800. The summed E-state index contributed by atoms with van der Waals surface area (Å²) in [4.78, 5) is 6.87. The summed E-state index contributed by atoms with van der Waals surface area (Å²) in [7, 11) is 0. The number of hydrogen-bond acceptors (Lipinski definition) is 5. The van der Waals surface area contributed by atoms with Crippen molar-refractivity contribution in [2.24, 2.45) is 0 Å². The lowest BCUT2D eigenvalue weighted by molar-refractivity contribution is 0.667. The van der Waals surface area contributed by atoms with Crippen molar-refractivity contribution in [3.8, 4) is 0 Å². The molecule has 2 heterocycles. The Morgan fingerprint density at radius 1 is 0.237 bits per heavy atom. The van der Waals surface area contributed by atoms with Crippen molar-refractivity contribution in [3.05, 3.63) is 224 Å². The number of fused-ring (bicyclic) bond motifs is 6. The van der Waals surface area contributed by atoms with E-state index in [1.54, 1.807) is 0 Å². The highest BCUT2D eigenvalue weighted by Gasteiger charge is 2.24. The second kappa shape index (κ2) is 14.5. The maximum Gasteiger partial charge on any atom is 0.159 e. The van der Waals surface area contributed by atoms with E-state index in [1.165, 1.54) is 0 Å². The molecule has 0 aliphatic carbocycles. The minimum atomic E-state index is 0.800. The van der Waals surface area contributed by atoms with Gasteiger partial charge >= 0.3 is 0 Å². The predicted octanol–water partition coefficient (Wildman–Crippen LogP) is 15.9. The molecule has 11 rings (SSSR count). The van der Waals surface area contributed by atoms with Crippen LogP contribution in [0.2, 0.25) is 0 Å². The summed E-state index contributed by atoms with van der Waals surface area (Å²) >= 11 is 0. The first-order valence-electron chi connectivity index (χ1n) is 19.8. The van der Waals surface area contributed by atoms with Crippen LogP contribution in [0.3, 0.4) is 0 Å². The van der Waals surface area contributed by atoms with E-state index in [0.717, 1.165) is 95.1 Å². The second-order valence-electron chi connectivity index (χ2n) is 14.6. The second-order valence-corrected chi connectivity index (χ2v) is 14.6. The maximum atomic E-state index is 6.81. The molecule has 9 aromatic carbocycles. The number of rotatable bonds is 9. The predicted molar refractivity (Wildman–Crippen MR) is 245 cm³/mol. The van der Waals surface area contributed by atoms with Gasteiger partial charge in [-0.3, -0.25) is 0 Å². The molecule has 0 saturated heterocycles. The fourth-order valence-corrected chi connectivity index (χ4v) is 8.33. The van der Waals surface area contributed by atoms with Crippen molar-refractivity contribution in [3.63, 3.8) is 0 Å². The molecular formula is C54H37N3O2. The lowest BCUT2D eigenvalue weighted by Crippen LogP contribution is -2.13. The molecule has 0 radical (unpaired) electrons. The zero-order chi connectivity index (χ0) is 39.1. The van der Waals surface area contributed by atoms with Crippen molar-refractivity contribution in [1.29, 1.82) is 0 Å². The standard InChI is InChI=1S/C54H37N3O2/c1-6-18-38(19-7-1)55(39-20-8-2-9-21-39)43-31-33-52-48(34-43)47-32-30-44(37-53(47)58-52)57(42-26-14-5-15-27-42)50-36-45(35-49-46-28-16-17-29-51(46)59-54(49)50)56(40-22-10-3-11-23-40)41-24-12-4-13-25-41/h1-37H. The van der Waals surface area contributed by atoms with E-state index in [0.29, 0.717) is 0 Å². The van der Waals surface area contributed by atoms with Crippen LogP contribution in [0.5, 0.6) is 0 Å². The Kier molecular flexibility index (Phi) is 8.41. The highest BCUT2D eigenvalue weighted by atomic mass is 16.3. The van der Waals surface area contributed by atoms with E-state index in [9.17, 15) is 0 Å². The fraction of sp³-hybridized carbons (Fsp3) is 0. The average Bonchev–Trinajstić information content (AvgIpc) is 3.86. The molecule has 2 aromatic heterocycles. The van der Waals surface area contributed by atoms with Crippen molar-refractivity contribution < 1.29 is 8.83 Å². The first kappa shape index (κ1) is 34.2. The van der Waals surface area contributed by atoms with Gasteiger partial charge in [-0.25, -0.2) is 0 Å². The largest absolute Gasteiger partial charge is 0.456 e. The van der Waals surface area contributed by atoms with Crippen LogP contribution in [0.25, 0.3) is 43.9 Å². The van der Waals surface area contributed by atoms with Crippen LogP contribution in [0, 0.1) is 0 Å². The first-order chi connectivity index (χ1) is 29.3. The van der Waals surface area contributed by atoms with Gasteiger partial charge in [0, 0.05) is 67.4 Å². The monoisotopic (exact) mass is 759 g/mol. The molecule has 5 nitrogen and oxygen atoms in total. The van der Waals surface area contributed by atoms with Crippen molar-refractivity contribution >= 4 is 95.1 Å². The Hall–Kier alpha value is -8.02. The number of benzene rings is 9. The smallest absolute Gasteiger partial charge is 0.159 e. The quantitative estimate of drug-likeness (QED) is 0.146. The van der Waals surface area contributed by atoms with Crippen LogP contribution in [0.15, 0.2) is 233 Å². The summed E-state index contributed by atoms with van der Waals surface area (Å²) in [6.07, 6.45) is 0. The molecule has 11 aromatic rings. The summed E-state index contributed by atoms with van der Waals surface area (Å²) in [6.45, 7) is 0. The molecule has 0 amide bonds. The number of furan rings is 2. The molecule has 0 atom stereocenters. The summed E-state index contributed by atoms with van der Waals surface area (Å²) in [5.74, 6) is 0. The minimum Gasteiger partial charge on any atom is -0.456 e. The lowest BCUT2D eigenvalue weighted by atomic mass is 10.1. The lowest BCUT2D eigenvalue weighted by Gasteiger charge is -2.29. The van der Waals surface area contributed by atoms with Crippen LogP contribution in [0.4, 0.5) is 51.2 Å². The van der Waals surface area contributed by atoms with Crippen LogP contribution in [-0.4, -0.2) is 0 Å². The van der Waals surface area contributed by atoms with Gasteiger partial charge in [0.2, 0.25) is 0 Å². The van der Waals surface area contributed by atoms with Crippen LogP contribution >= 0.6 is 0 Å². The van der Waals surface area contributed by atoms with E-state index in [4.69, 9.17) is 8.83 Å². The molecule has 0 fully saturated rings. The number of nitrogens with zero attached hydrogens (tertiary/aromatic N) is 3. The van der Waals surface area contributed by atoms with Crippen molar-refractivity contribution in [2.75, 3.05) is 14.7 Å². The zero-order valence-corrected chi connectivity index (χ0v) is 32.0. The number of hydrogen-bond donors (Lipinski definition) is 0. The Morgan fingerprint density at radius 2 is 0.661 bits per heavy atom. The molecule has 5 heteroatoms. The molecule has 0 N–H and O–H groups in total. The Bertz CT molecular complexity index is 3140. The molecule has 0 bridgehead atoms. The van der Waals surface area contributed by atoms with Gasteiger partial charge in [0.05, 0.1) is 11.4 Å². The molecule has 0 unspecified atom stereocenters. The van der Waals surface area contributed by atoms with E-state index < -0.39 is 0 Å². The van der Waals surface area contributed by atoms with Gasteiger partial charge in [-0.2, -0.15) is 0 Å². The Morgan fingerprint density at radius 3 is 1.24 bits per heavy atom. The molecule has 0 spiro atoms. The first-order valence-corrected chi connectivity index (χ1v) is 19.8. The van der Waals surface area contributed by atoms with Gasteiger partial charge in [0.25, 0.3) is 0 Å². The molecule has 0 saturated carbocycles. The third-order valence-electron chi connectivity index (χ3n) is 11.0. The highest BCUT2D eigenvalue weighted by molar-refractivity contribution is 6.13. The summed E-state index contributed by atoms with van der Waals surface area (Å²) in [5.41, 5.74) is 12.5. The molecular weight excluding hydrogens is 723 g/mol. The highest BCUT2D eigenvalue weighted by Crippen LogP contribution is 2.48. The average molecular weight is 760 g/mol. The van der Waals surface area contributed by atoms with E-state index >= 15 is 0 Å². The third-order valence-corrected chi connectivity index (χ3v) is 11.0. The molecule has 59 heavy (non-hydrogen) atoms. The molecule has 0 aliphatic heterocycles. The normalized spacial score (nSPS) is 11.4. The van der Waals surface area contributed by atoms with E-state index in [-0.39, 0.29) is 0 Å². The van der Waals surface area contributed by atoms with Crippen LogP contribution in [0.1, 0.15) is 0 Å². The van der Waals surface area contributed by atoms with Gasteiger partial charge in [0.1, 0.15) is 16.7 Å². The maximum absolute atomic E-state index is 6.81. The van der Waals surface area contributed by atoms with Gasteiger partial charge < -0.3 is 23.5 Å². The number of para-hydroxylation sites is 6. The van der Waals surface area contributed by atoms with Gasteiger partial charge in [-0.05, 0) is 109 Å². The van der Waals surface area contributed by atoms with Gasteiger partial charge in [-0.1, -0.05) is 109 Å². The Labute approximate surface area is 341 Å². The fourth-order valence-electron chi connectivity index (χ4n) is 8.33. The van der Waals surface area contributed by atoms with Crippen molar-refractivity contribution in [1.82, 2.24) is 0 Å². The van der Waals surface area contributed by atoms with Gasteiger partial charge in [0.15, 0.2) is 5.58 Å². The summed E-state index contributed by atoms with van der Waals surface area (Å²) in [5, 5.41) is 4.18. The molecule has 0 aliphatic rings. The van der Waals surface area contributed by atoms with Crippen LogP contribution in [-0.2, 0) is 0 Å². The topological polar surface area (TPSA) is 36.0 Å². The van der Waals surface area contributed by atoms with Gasteiger partial charge in [-0.15, -0.1) is 0 Å². The number of anilines is 9. The van der Waals surface area contributed by atoms with E-state index in [1.807, 2.05) is 24.3 Å². The zero-order valence-electron chi connectivity index (χ0n) is 32.0. The SMILES string of the molecule is c1ccc(N(c2ccccc2)c2ccc3oc4cc(N(c5ccccc5)c5cc(N(c6ccccc6)c6ccccc6)cc6c5oc5ccccc56)ccc4c3c2)cc1. The Balaban J connectivity index is 1.11. The van der Waals surface area contributed by atoms with Crippen LogP contribution < -0.4 is 14.7 Å². The van der Waals surface area contributed by atoms with E-state index in [2.05, 4.69) is 215 Å². The summed E-state index contributed by atoms with van der Waals surface area (Å²) in [6, 6.07) is 78.3.